The first-order chi connectivity index (χ1) is 7.60. The Morgan fingerprint density at radius 2 is 2.11 bits per heavy atom. The number of pyridine rings is 1. The summed E-state index contributed by atoms with van der Waals surface area (Å²) in [7, 11) is -3.40. The van der Waals surface area contributed by atoms with Gasteiger partial charge in [-0.15, -0.1) is 24.8 Å². The van der Waals surface area contributed by atoms with E-state index >= 15 is 0 Å². The molecule has 1 aliphatic heterocycles. The third kappa shape index (κ3) is 3.80. The molecule has 1 fully saturated rings. The van der Waals surface area contributed by atoms with E-state index in [0.29, 0.717) is 13.1 Å². The number of aromatic nitrogens is 1. The molecule has 5 nitrogen and oxygen atoms in total. The largest absolute Gasteiger partial charge is 0.327 e. The molecule has 1 aromatic heterocycles. The summed E-state index contributed by atoms with van der Waals surface area (Å²) in [6, 6.07) is 3.12. The lowest BCUT2D eigenvalue weighted by Gasteiger charge is -2.29. The average Bonchev–Trinajstić information content (AvgIpc) is 2.30. The summed E-state index contributed by atoms with van der Waals surface area (Å²) < 4.78 is 25.8. The molecule has 2 heterocycles. The first-order valence-electron chi connectivity index (χ1n) is 5.26. The van der Waals surface area contributed by atoms with Gasteiger partial charge in [0.25, 0.3) is 0 Å². The molecule has 0 amide bonds. The lowest BCUT2D eigenvalue weighted by molar-refractivity contribution is 0.316. The Hall–Kier alpha value is -0.400. The van der Waals surface area contributed by atoms with Crippen LogP contribution in [0.1, 0.15) is 12.8 Å². The van der Waals surface area contributed by atoms with E-state index < -0.39 is 10.0 Å². The monoisotopic (exact) mass is 313 g/mol. The number of hydrogen-bond donors (Lipinski definition) is 1. The number of hydrogen-bond acceptors (Lipinski definition) is 4. The van der Waals surface area contributed by atoms with Crippen molar-refractivity contribution in [2.24, 2.45) is 5.73 Å². The molecule has 18 heavy (non-hydrogen) atoms. The Balaban J connectivity index is 0.00000144. The summed E-state index contributed by atoms with van der Waals surface area (Å²) in [5, 5.41) is 0. The van der Waals surface area contributed by atoms with E-state index in [1.54, 1.807) is 18.3 Å². The molecule has 8 heteroatoms. The van der Waals surface area contributed by atoms with Gasteiger partial charge in [0.1, 0.15) is 4.90 Å². The molecular weight excluding hydrogens is 297 g/mol. The van der Waals surface area contributed by atoms with Crippen LogP contribution in [0.3, 0.4) is 0 Å². The van der Waals surface area contributed by atoms with Crippen molar-refractivity contribution in [1.82, 2.24) is 9.29 Å². The molecule has 104 valence electrons. The standard InChI is InChI=1S/C10H15N3O2S.2ClH/c11-9-3-2-6-13(8-9)16(14,15)10-4-1-5-12-7-10;;/h1,4-5,7,9H,2-3,6,8,11H2;2*1H/t9-;;/m0../s1. The fourth-order valence-corrected chi connectivity index (χ4v) is 3.34. The van der Waals surface area contributed by atoms with Crippen LogP contribution in [-0.4, -0.2) is 36.8 Å². The number of halogens is 2. The van der Waals surface area contributed by atoms with Crippen molar-refractivity contribution >= 4 is 34.8 Å². The first kappa shape index (κ1) is 17.6. The zero-order chi connectivity index (χ0) is 11.6. The van der Waals surface area contributed by atoms with Crippen LogP contribution in [0.5, 0.6) is 0 Å². The van der Waals surface area contributed by atoms with Gasteiger partial charge in [-0.05, 0) is 25.0 Å². The van der Waals surface area contributed by atoms with Crippen LogP contribution in [0.25, 0.3) is 0 Å². The lowest BCUT2D eigenvalue weighted by atomic mass is 10.1. The zero-order valence-corrected chi connectivity index (χ0v) is 12.2. The maximum absolute atomic E-state index is 12.2. The molecule has 0 unspecified atom stereocenters. The van der Waals surface area contributed by atoms with Gasteiger partial charge in [-0.3, -0.25) is 4.98 Å². The summed E-state index contributed by atoms with van der Waals surface area (Å²) in [5.41, 5.74) is 5.78. The average molecular weight is 314 g/mol. The number of rotatable bonds is 2. The maximum Gasteiger partial charge on any atom is 0.244 e. The molecular formula is C10H17Cl2N3O2S. The van der Waals surface area contributed by atoms with E-state index in [2.05, 4.69) is 4.98 Å². The van der Waals surface area contributed by atoms with Gasteiger partial charge in [0, 0.05) is 31.5 Å². The Kier molecular flexibility index (Phi) is 7.09. The van der Waals surface area contributed by atoms with Crippen molar-refractivity contribution in [3.63, 3.8) is 0 Å². The van der Waals surface area contributed by atoms with Gasteiger partial charge in [0.2, 0.25) is 10.0 Å². The third-order valence-electron chi connectivity index (χ3n) is 2.69. The Labute approximate surface area is 120 Å². The first-order valence-corrected chi connectivity index (χ1v) is 6.70. The van der Waals surface area contributed by atoms with Crippen LogP contribution in [0.2, 0.25) is 0 Å². The molecule has 0 spiro atoms. The second-order valence-electron chi connectivity index (χ2n) is 3.95. The van der Waals surface area contributed by atoms with Gasteiger partial charge in [0.05, 0.1) is 0 Å². The highest BCUT2D eigenvalue weighted by atomic mass is 35.5. The van der Waals surface area contributed by atoms with E-state index in [9.17, 15) is 8.42 Å². The minimum atomic E-state index is -3.40. The second kappa shape index (κ2) is 7.25. The van der Waals surface area contributed by atoms with Crippen LogP contribution in [0, 0.1) is 0 Å². The zero-order valence-electron chi connectivity index (χ0n) is 9.73. The van der Waals surface area contributed by atoms with Gasteiger partial charge in [0.15, 0.2) is 0 Å². The maximum atomic E-state index is 12.2. The van der Waals surface area contributed by atoms with Crippen molar-refractivity contribution < 1.29 is 8.42 Å². The molecule has 2 N–H and O–H groups in total. The quantitative estimate of drug-likeness (QED) is 0.885. The van der Waals surface area contributed by atoms with Gasteiger partial charge in [-0.1, -0.05) is 0 Å². The fourth-order valence-electron chi connectivity index (χ4n) is 1.84. The van der Waals surface area contributed by atoms with Crippen LogP contribution in [0.4, 0.5) is 0 Å². The second-order valence-corrected chi connectivity index (χ2v) is 5.89. The Bertz CT molecular complexity index is 455. The molecule has 2 rings (SSSR count). The summed E-state index contributed by atoms with van der Waals surface area (Å²) in [6.07, 6.45) is 4.64. The van der Waals surface area contributed by atoms with Gasteiger partial charge >= 0.3 is 0 Å². The Morgan fingerprint density at radius 3 is 2.67 bits per heavy atom. The van der Waals surface area contributed by atoms with Crippen molar-refractivity contribution in [1.29, 1.82) is 0 Å². The normalized spacial score (nSPS) is 20.6. The van der Waals surface area contributed by atoms with Crippen LogP contribution < -0.4 is 5.73 Å². The molecule has 1 atom stereocenters. The van der Waals surface area contributed by atoms with Gasteiger partial charge < -0.3 is 5.73 Å². The number of sulfonamides is 1. The van der Waals surface area contributed by atoms with Crippen molar-refractivity contribution in [3.05, 3.63) is 24.5 Å². The van der Waals surface area contributed by atoms with Gasteiger partial charge in [-0.2, -0.15) is 4.31 Å². The number of piperidine rings is 1. The Morgan fingerprint density at radius 1 is 1.39 bits per heavy atom. The minimum absolute atomic E-state index is 0. The molecule has 1 aliphatic rings. The van der Waals surface area contributed by atoms with Crippen molar-refractivity contribution in [2.75, 3.05) is 13.1 Å². The van der Waals surface area contributed by atoms with E-state index in [1.807, 2.05) is 0 Å². The van der Waals surface area contributed by atoms with Crippen molar-refractivity contribution in [2.45, 2.75) is 23.8 Å². The van der Waals surface area contributed by atoms with Crippen LogP contribution in [0.15, 0.2) is 29.4 Å². The highest BCUT2D eigenvalue weighted by molar-refractivity contribution is 7.89. The van der Waals surface area contributed by atoms with E-state index in [-0.39, 0.29) is 35.8 Å². The summed E-state index contributed by atoms with van der Waals surface area (Å²) in [4.78, 5) is 4.07. The van der Waals surface area contributed by atoms with Crippen molar-refractivity contribution in [3.8, 4) is 0 Å². The molecule has 0 radical (unpaired) electrons. The highest BCUT2D eigenvalue weighted by Gasteiger charge is 2.28. The molecule has 1 aromatic rings. The molecule has 0 aromatic carbocycles. The van der Waals surface area contributed by atoms with Crippen LogP contribution in [-0.2, 0) is 10.0 Å². The smallest absolute Gasteiger partial charge is 0.244 e. The SMILES string of the molecule is Cl.Cl.N[C@H]1CCCN(S(=O)(=O)c2cccnc2)C1. The lowest BCUT2D eigenvalue weighted by Crippen LogP contribution is -2.45. The predicted octanol–water partition coefficient (Wildman–Crippen LogP) is 1.04. The van der Waals surface area contributed by atoms with Gasteiger partial charge in [-0.25, -0.2) is 8.42 Å². The van der Waals surface area contributed by atoms with Crippen LogP contribution >= 0.6 is 24.8 Å². The molecule has 0 aliphatic carbocycles. The summed E-state index contributed by atoms with van der Waals surface area (Å²) in [6.45, 7) is 0.947. The van der Waals surface area contributed by atoms with E-state index in [1.165, 1.54) is 10.5 Å². The molecule has 1 saturated heterocycles. The third-order valence-corrected chi connectivity index (χ3v) is 4.54. The number of nitrogens with zero attached hydrogens (tertiary/aromatic N) is 2. The molecule has 0 saturated carbocycles. The number of nitrogens with two attached hydrogens (primary N) is 1. The van der Waals surface area contributed by atoms with E-state index in [0.717, 1.165) is 12.8 Å². The molecule has 0 bridgehead atoms. The summed E-state index contributed by atoms with van der Waals surface area (Å²) >= 11 is 0. The topological polar surface area (TPSA) is 76.3 Å². The predicted molar refractivity (Wildman–Crippen MR) is 74.7 cm³/mol. The summed E-state index contributed by atoms with van der Waals surface area (Å²) in [5.74, 6) is 0. The minimum Gasteiger partial charge on any atom is -0.327 e. The highest BCUT2D eigenvalue weighted by Crippen LogP contribution is 2.18. The van der Waals surface area contributed by atoms with E-state index in [4.69, 9.17) is 5.73 Å². The fraction of sp³-hybridized carbons (Fsp3) is 0.500.